The molecule has 4 rings (SSSR count). The third-order valence-corrected chi connectivity index (χ3v) is 5.08. The van der Waals surface area contributed by atoms with Crippen LogP contribution in [0.15, 0.2) is 49.1 Å². The lowest BCUT2D eigenvalue weighted by Crippen LogP contribution is -2.49. The zero-order valence-corrected chi connectivity index (χ0v) is 17.0. The fraction of sp³-hybridized carbons (Fsp3) is 0.333. The molecule has 1 saturated heterocycles. The van der Waals surface area contributed by atoms with Crippen LogP contribution in [0.25, 0.3) is 5.82 Å². The molecule has 8 heteroatoms. The van der Waals surface area contributed by atoms with Gasteiger partial charge in [0, 0.05) is 70.0 Å². The van der Waals surface area contributed by atoms with E-state index in [4.69, 9.17) is 0 Å². The van der Waals surface area contributed by atoms with E-state index in [0.717, 1.165) is 36.0 Å². The molecule has 3 aromatic rings. The predicted molar refractivity (Wildman–Crippen MR) is 113 cm³/mol. The van der Waals surface area contributed by atoms with Gasteiger partial charge in [-0.3, -0.25) is 9.36 Å². The van der Waals surface area contributed by atoms with Crippen molar-refractivity contribution in [3.63, 3.8) is 0 Å². The van der Waals surface area contributed by atoms with Crippen molar-refractivity contribution in [2.45, 2.75) is 6.92 Å². The maximum atomic E-state index is 12.9. The summed E-state index contributed by atoms with van der Waals surface area (Å²) in [7, 11) is 3.95. The first kappa shape index (κ1) is 18.9. The summed E-state index contributed by atoms with van der Waals surface area (Å²) in [6, 6.07) is 9.73. The van der Waals surface area contributed by atoms with Crippen molar-refractivity contribution in [2.24, 2.45) is 0 Å². The number of aromatic nitrogens is 4. The van der Waals surface area contributed by atoms with Crippen molar-refractivity contribution in [1.82, 2.24) is 24.4 Å². The highest BCUT2D eigenvalue weighted by Gasteiger charge is 2.23. The Labute approximate surface area is 170 Å². The smallest absolute Gasteiger partial charge is 0.254 e. The molecule has 1 fully saturated rings. The average molecular weight is 391 g/mol. The molecule has 0 saturated carbocycles. The highest BCUT2D eigenvalue weighted by Crippen LogP contribution is 2.20. The summed E-state index contributed by atoms with van der Waals surface area (Å²) in [5.41, 5.74) is 1.75. The molecular weight excluding hydrogens is 366 g/mol. The van der Waals surface area contributed by atoms with E-state index in [0.29, 0.717) is 18.9 Å². The number of carbonyl (C=O) groups is 1. The van der Waals surface area contributed by atoms with Gasteiger partial charge in [-0.1, -0.05) is 6.07 Å². The van der Waals surface area contributed by atoms with E-state index in [-0.39, 0.29) is 5.91 Å². The molecule has 0 spiro atoms. The minimum atomic E-state index is 0.0753. The Morgan fingerprint density at radius 2 is 1.79 bits per heavy atom. The van der Waals surface area contributed by atoms with Gasteiger partial charge in [-0.25, -0.2) is 15.0 Å². The monoisotopic (exact) mass is 391 g/mol. The summed E-state index contributed by atoms with van der Waals surface area (Å²) >= 11 is 0. The van der Waals surface area contributed by atoms with Crippen LogP contribution in [0.1, 0.15) is 16.2 Å². The molecule has 0 unspecified atom stereocenters. The van der Waals surface area contributed by atoms with Crippen LogP contribution < -0.4 is 9.80 Å². The summed E-state index contributed by atoms with van der Waals surface area (Å²) < 4.78 is 1.87. The molecule has 1 aliphatic rings. The summed E-state index contributed by atoms with van der Waals surface area (Å²) in [6.45, 7) is 4.68. The minimum Gasteiger partial charge on any atom is -0.378 e. The summed E-state index contributed by atoms with van der Waals surface area (Å²) in [6.07, 6.45) is 5.32. The van der Waals surface area contributed by atoms with E-state index >= 15 is 0 Å². The number of rotatable bonds is 4. The molecule has 1 amide bonds. The number of imidazole rings is 1. The maximum absolute atomic E-state index is 12.9. The van der Waals surface area contributed by atoms with E-state index in [2.05, 4.69) is 19.9 Å². The van der Waals surface area contributed by atoms with E-state index in [1.54, 1.807) is 12.5 Å². The Hall–Kier alpha value is -3.42. The number of aryl methyl sites for hydroxylation is 1. The molecule has 2 aromatic heterocycles. The topological polar surface area (TPSA) is 70.4 Å². The number of benzene rings is 1. The molecule has 8 nitrogen and oxygen atoms in total. The first-order chi connectivity index (χ1) is 14.0. The average Bonchev–Trinajstić information content (AvgIpc) is 3.28. The second kappa shape index (κ2) is 7.90. The van der Waals surface area contributed by atoms with Gasteiger partial charge in [-0.05, 0) is 25.1 Å². The second-order valence-electron chi connectivity index (χ2n) is 7.33. The summed E-state index contributed by atoms with van der Waals surface area (Å²) in [4.78, 5) is 32.2. The van der Waals surface area contributed by atoms with Gasteiger partial charge in [0.1, 0.15) is 23.8 Å². The molecule has 0 atom stereocenters. The van der Waals surface area contributed by atoms with Crippen molar-refractivity contribution < 1.29 is 4.79 Å². The van der Waals surface area contributed by atoms with Crippen molar-refractivity contribution in [1.29, 1.82) is 0 Å². The number of amides is 1. The molecule has 0 N–H and O–H groups in total. The van der Waals surface area contributed by atoms with Gasteiger partial charge in [0.05, 0.1) is 0 Å². The highest BCUT2D eigenvalue weighted by molar-refractivity contribution is 5.95. The number of hydrogen-bond acceptors (Lipinski definition) is 6. The van der Waals surface area contributed by atoms with Crippen molar-refractivity contribution in [2.75, 3.05) is 50.1 Å². The van der Waals surface area contributed by atoms with Gasteiger partial charge in [0.25, 0.3) is 5.91 Å². The van der Waals surface area contributed by atoms with Gasteiger partial charge in [-0.2, -0.15) is 0 Å². The van der Waals surface area contributed by atoms with E-state index in [9.17, 15) is 4.79 Å². The van der Waals surface area contributed by atoms with Crippen LogP contribution in [0, 0.1) is 6.92 Å². The van der Waals surface area contributed by atoms with Crippen LogP contribution in [0.2, 0.25) is 0 Å². The first-order valence-electron chi connectivity index (χ1n) is 9.67. The Morgan fingerprint density at radius 1 is 1.03 bits per heavy atom. The van der Waals surface area contributed by atoms with E-state index in [1.807, 2.05) is 71.9 Å². The lowest BCUT2D eigenvalue weighted by Gasteiger charge is -2.35. The lowest BCUT2D eigenvalue weighted by molar-refractivity contribution is 0.0746. The highest BCUT2D eigenvalue weighted by atomic mass is 16.2. The Balaban J connectivity index is 1.46. The number of anilines is 2. The zero-order valence-electron chi connectivity index (χ0n) is 17.0. The number of carbonyl (C=O) groups excluding carboxylic acids is 1. The molecule has 0 bridgehead atoms. The van der Waals surface area contributed by atoms with Crippen LogP contribution in [0.3, 0.4) is 0 Å². The molecule has 29 heavy (non-hydrogen) atoms. The normalized spacial score (nSPS) is 14.2. The number of nitrogens with zero attached hydrogens (tertiary/aromatic N) is 7. The van der Waals surface area contributed by atoms with Gasteiger partial charge < -0.3 is 14.7 Å². The van der Waals surface area contributed by atoms with Crippen molar-refractivity contribution in [3.05, 3.63) is 60.4 Å². The standard InChI is InChI=1S/C21H25N7O/c1-16-23-19(14-20(24-16)28-8-7-22-15-28)26-9-11-27(12-10-26)21(29)17-5-4-6-18(13-17)25(2)3/h4-8,13-15H,9-12H2,1-3H3. The molecule has 0 aliphatic carbocycles. The van der Waals surface area contributed by atoms with Crippen LogP contribution in [0.5, 0.6) is 0 Å². The maximum Gasteiger partial charge on any atom is 0.254 e. The summed E-state index contributed by atoms with van der Waals surface area (Å²) in [5.74, 6) is 2.46. The van der Waals surface area contributed by atoms with Crippen LogP contribution in [-0.2, 0) is 0 Å². The van der Waals surface area contributed by atoms with Crippen molar-refractivity contribution in [3.8, 4) is 5.82 Å². The van der Waals surface area contributed by atoms with Gasteiger partial charge in [0.2, 0.25) is 0 Å². The van der Waals surface area contributed by atoms with Crippen LogP contribution >= 0.6 is 0 Å². The van der Waals surface area contributed by atoms with E-state index < -0.39 is 0 Å². The van der Waals surface area contributed by atoms with Gasteiger partial charge in [0.15, 0.2) is 0 Å². The second-order valence-corrected chi connectivity index (χ2v) is 7.33. The SMILES string of the molecule is Cc1nc(N2CCN(C(=O)c3cccc(N(C)C)c3)CC2)cc(-n2ccnc2)n1. The van der Waals surface area contributed by atoms with Gasteiger partial charge in [-0.15, -0.1) is 0 Å². The van der Waals surface area contributed by atoms with Crippen LogP contribution in [-0.4, -0.2) is 70.6 Å². The molecule has 1 aromatic carbocycles. The lowest BCUT2D eigenvalue weighted by atomic mass is 10.1. The van der Waals surface area contributed by atoms with Crippen molar-refractivity contribution >= 4 is 17.4 Å². The molecule has 3 heterocycles. The number of piperazine rings is 1. The minimum absolute atomic E-state index is 0.0753. The fourth-order valence-electron chi connectivity index (χ4n) is 3.46. The predicted octanol–water partition coefficient (Wildman–Crippen LogP) is 2.00. The first-order valence-corrected chi connectivity index (χ1v) is 9.67. The quantitative estimate of drug-likeness (QED) is 0.678. The molecule has 0 radical (unpaired) electrons. The molecule has 1 aliphatic heterocycles. The van der Waals surface area contributed by atoms with E-state index in [1.165, 1.54) is 0 Å². The number of hydrogen-bond donors (Lipinski definition) is 0. The van der Waals surface area contributed by atoms with Gasteiger partial charge >= 0.3 is 0 Å². The fourth-order valence-corrected chi connectivity index (χ4v) is 3.46. The summed E-state index contributed by atoms with van der Waals surface area (Å²) in [5, 5.41) is 0. The van der Waals surface area contributed by atoms with Crippen LogP contribution in [0.4, 0.5) is 11.5 Å². The molecule has 150 valence electrons. The third kappa shape index (κ3) is 4.06. The Morgan fingerprint density at radius 3 is 2.48 bits per heavy atom. The Bertz CT molecular complexity index is 992. The largest absolute Gasteiger partial charge is 0.378 e. The Kier molecular flexibility index (Phi) is 5.16. The molecular formula is C21H25N7O. The zero-order chi connectivity index (χ0) is 20.4. The third-order valence-electron chi connectivity index (χ3n) is 5.08.